The predicted molar refractivity (Wildman–Crippen MR) is 151 cm³/mol. The highest BCUT2D eigenvalue weighted by atomic mass is 16.6. The standard InChI is InChI=1S/C30H60N2O4/c1-4-5-6-7-8-9-10-11-12-13-14-15-16-17-18-19-25-34-27-30(22-20-26-36-30)28-35-29(33)31-23-21-24-32(2)3/h4-28H2,1-3H3,(H,31,33). The summed E-state index contributed by atoms with van der Waals surface area (Å²) in [5.74, 6) is 0. The molecule has 0 aliphatic carbocycles. The molecule has 0 aromatic rings. The molecule has 214 valence electrons. The van der Waals surface area contributed by atoms with Crippen LogP contribution in [-0.2, 0) is 14.2 Å². The summed E-state index contributed by atoms with van der Waals surface area (Å²) in [6, 6.07) is 0. The van der Waals surface area contributed by atoms with Crippen molar-refractivity contribution >= 4 is 6.09 Å². The maximum atomic E-state index is 12.0. The van der Waals surface area contributed by atoms with Crippen molar-refractivity contribution in [2.24, 2.45) is 0 Å². The first-order chi connectivity index (χ1) is 17.6. The molecule has 1 aliphatic rings. The summed E-state index contributed by atoms with van der Waals surface area (Å²) in [7, 11) is 4.05. The molecule has 0 spiro atoms. The zero-order chi connectivity index (χ0) is 26.2. The maximum absolute atomic E-state index is 12.0. The fourth-order valence-electron chi connectivity index (χ4n) is 4.87. The molecular formula is C30H60N2O4. The van der Waals surface area contributed by atoms with E-state index in [2.05, 4.69) is 17.1 Å². The summed E-state index contributed by atoms with van der Waals surface area (Å²) in [5.41, 5.74) is -0.462. The van der Waals surface area contributed by atoms with Crippen molar-refractivity contribution in [2.75, 3.05) is 53.6 Å². The van der Waals surface area contributed by atoms with Crippen LogP contribution in [-0.4, -0.2) is 70.2 Å². The van der Waals surface area contributed by atoms with E-state index in [1.54, 1.807) is 0 Å². The van der Waals surface area contributed by atoms with E-state index in [1.807, 2.05) is 14.1 Å². The Hall–Kier alpha value is -0.850. The summed E-state index contributed by atoms with van der Waals surface area (Å²) in [6.07, 6.45) is 24.4. The molecule has 1 atom stereocenters. The first-order valence-corrected chi connectivity index (χ1v) is 15.3. The third-order valence-electron chi connectivity index (χ3n) is 7.21. The topological polar surface area (TPSA) is 60.0 Å². The monoisotopic (exact) mass is 512 g/mol. The molecule has 0 radical (unpaired) electrons. The molecule has 1 heterocycles. The number of hydrogen-bond donors (Lipinski definition) is 1. The molecule has 1 amide bonds. The normalized spacial score (nSPS) is 17.7. The highest BCUT2D eigenvalue weighted by Gasteiger charge is 2.37. The zero-order valence-corrected chi connectivity index (χ0v) is 24.3. The third-order valence-corrected chi connectivity index (χ3v) is 7.21. The van der Waals surface area contributed by atoms with Gasteiger partial charge in [0, 0.05) is 19.8 Å². The molecule has 6 heteroatoms. The second kappa shape index (κ2) is 23.3. The first kappa shape index (κ1) is 33.2. The zero-order valence-electron chi connectivity index (χ0n) is 24.3. The van der Waals surface area contributed by atoms with Crippen LogP contribution >= 0.6 is 0 Å². The minimum atomic E-state index is -0.462. The molecule has 1 rings (SSSR count). The molecule has 6 nitrogen and oxygen atoms in total. The number of unbranched alkanes of at least 4 members (excludes halogenated alkanes) is 15. The lowest BCUT2D eigenvalue weighted by Gasteiger charge is -2.27. The summed E-state index contributed by atoms with van der Waals surface area (Å²) < 4.78 is 17.4. The summed E-state index contributed by atoms with van der Waals surface area (Å²) >= 11 is 0. The van der Waals surface area contributed by atoms with Gasteiger partial charge in [0.2, 0.25) is 0 Å². The fourth-order valence-corrected chi connectivity index (χ4v) is 4.87. The average Bonchev–Trinajstić information content (AvgIpc) is 3.33. The van der Waals surface area contributed by atoms with Gasteiger partial charge in [-0.25, -0.2) is 4.79 Å². The van der Waals surface area contributed by atoms with Crippen molar-refractivity contribution in [1.82, 2.24) is 10.2 Å². The van der Waals surface area contributed by atoms with Crippen LogP contribution < -0.4 is 5.32 Å². The number of nitrogens with zero attached hydrogens (tertiary/aromatic N) is 1. The quantitative estimate of drug-likeness (QED) is 0.128. The van der Waals surface area contributed by atoms with Gasteiger partial charge in [-0.2, -0.15) is 0 Å². The predicted octanol–water partition coefficient (Wildman–Crippen LogP) is 7.49. The van der Waals surface area contributed by atoms with Crippen molar-refractivity contribution in [1.29, 1.82) is 0 Å². The molecule has 1 saturated heterocycles. The van der Waals surface area contributed by atoms with Crippen LogP contribution in [0.2, 0.25) is 0 Å². The Bertz CT molecular complexity index is 495. The van der Waals surface area contributed by atoms with Gasteiger partial charge in [-0.05, 0) is 46.3 Å². The summed E-state index contributed by atoms with van der Waals surface area (Å²) in [4.78, 5) is 14.1. The van der Waals surface area contributed by atoms with E-state index >= 15 is 0 Å². The van der Waals surface area contributed by atoms with Crippen LogP contribution in [0, 0.1) is 0 Å². The highest BCUT2D eigenvalue weighted by Crippen LogP contribution is 2.27. The van der Waals surface area contributed by atoms with Crippen LogP contribution in [0.4, 0.5) is 4.79 Å². The molecule has 1 N–H and O–H groups in total. The SMILES string of the molecule is CCCCCCCCCCCCCCCCCCOCC1(COC(=O)NCCCN(C)C)CCCO1. The van der Waals surface area contributed by atoms with E-state index in [0.717, 1.165) is 45.4 Å². The van der Waals surface area contributed by atoms with Gasteiger partial charge in [0.15, 0.2) is 0 Å². The van der Waals surface area contributed by atoms with Gasteiger partial charge in [0.1, 0.15) is 12.2 Å². The lowest BCUT2D eigenvalue weighted by Crippen LogP contribution is -2.41. The number of ether oxygens (including phenoxy) is 3. The molecule has 1 aliphatic heterocycles. The van der Waals surface area contributed by atoms with Gasteiger partial charge in [0.05, 0.1) is 6.61 Å². The summed E-state index contributed by atoms with van der Waals surface area (Å²) in [6.45, 7) is 6.12. The van der Waals surface area contributed by atoms with Crippen molar-refractivity contribution in [3.05, 3.63) is 0 Å². The number of carbonyl (C=O) groups is 1. The lowest BCUT2D eigenvalue weighted by atomic mass is 10.0. The second-order valence-electron chi connectivity index (χ2n) is 11.2. The number of hydrogen-bond acceptors (Lipinski definition) is 5. The fraction of sp³-hybridized carbons (Fsp3) is 0.967. The van der Waals surface area contributed by atoms with Gasteiger partial charge >= 0.3 is 6.09 Å². The van der Waals surface area contributed by atoms with E-state index in [1.165, 1.54) is 96.3 Å². The Morgan fingerprint density at radius 1 is 0.806 bits per heavy atom. The molecule has 0 aromatic heterocycles. The van der Waals surface area contributed by atoms with Crippen LogP contribution in [0.25, 0.3) is 0 Å². The minimum Gasteiger partial charge on any atom is -0.446 e. The van der Waals surface area contributed by atoms with E-state index in [4.69, 9.17) is 14.2 Å². The van der Waals surface area contributed by atoms with Gasteiger partial charge in [-0.15, -0.1) is 0 Å². The van der Waals surface area contributed by atoms with Crippen molar-refractivity contribution in [2.45, 2.75) is 135 Å². The molecule has 1 unspecified atom stereocenters. The molecule has 0 aromatic carbocycles. The van der Waals surface area contributed by atoms with Gasteiger partial charge in [-0.3, -0.25) is 0 Å². The Morgan fingerprint density at radius 3 is 1.86 bits per heavy atom. The van der Waals surface area contributed by atoms with Crippen LogP contribution in [0.15, 0.2) is 0 Å². The smallest absolute Gasteiger partial charge is 0.407 e. The van der Waals surface area contributed by atoms with Crippen molar-refractivity contribution in [3.63, 3.8) is 0 Å². The van der Waals surface area contributed by atoms with Crippen LogP contribution in [0.1, 0.15) is 129 Å². The number of amides is 1. The summed E-state index contributed by atoms with van der Waals surface area (Å²) in [5, 5.41) is 2.82. The van der Waals surface area contributed by atoms with Gasteiger partial charge < -0.3 is 24.4 Å². The molecule has 36 heavy (non-hydrogen) atoms. The molecule has 0 saturated carbocycles. The Morgan fingerprint density at radius 2 is 1.36 bits per heavy atom. The third kappa shape index (κ3) is 19.3. The Kier molecular flexibility index (Phi) is 21.5. The Labute approximate surface area is 223 Å². The molecule has 0 bridgehead atoms. The number of carbonyl (C=O) groups excluding carboxylic acids is 1. The maximum Gasteiger partial charge on any atom is 0.407 e. The Balaban J connectivity index is 1.91. The first-order valence-electron chi connectivity index (χ1n) is 15.3. The largest absolute Gasteiger partial charge is 0.446 e. The number of alkyl carbamates (subject to hydrolysis) is 1. The van der Waals surface area contributed by atoms with Gasteiger partial charge in [0.25, 0.3) is 0 Å². The molecular weight excluding hydrogens is 452 g/mol. The lowest BCUT2D eigenvalue weighted by molar-refractivity contribution is -0.0933. The number of rotatable bonds is 25. The van der Waals surface area contributed by atoms with Crippen molar-refractivity contribution in [3.8, 4) is 0 Å². The van der Waals surface area contributed by atoms with Crippen LogP contribution in [0.5, 0.6) is 0 Å². The van der Waals surface area contributed by atoms with E-state index < -0.39 is 5.60 Å². The second-order valence-corrected chi connectivity index (χ2v) is 11.2. The van der Waals surface area contributed by atoms with Crippen molar-refractivity contribution < 1.29 is 19.0 Å². The molecule has 1 fully saturated rings. The minimum absolute atomic E-state index is 0.269. The number of nitrogens with one attached hydrogen (secondary N) is 1. The highest BCUT2D eigenvalue weighted by molar-refractivity contribution is 5.67. The van der Waals surface area contributed by atoms with Gasteiger partial charge in [-0.1, -0.05) is 103 Å². The average molecular weight is 513 g/mol. The van der Waals surface area contributed by atoms with Crippen LogP contribution in [0.3, 0.4) is 0 Å². The van der Waals surface area contributed by atoms with E-state index in [-0.39, 0.29) is 12.7 Å². The van der Waals surface area contributed by atoms with E-state index in [0.29, 0.717) is 13.2 Å². The van der Waals surface area contributed by atoms with E-state index in [9.17, 15) is 4.79 Å².